The van der Waals surface area contributed by atoms with Gasteiger partial charge in [0, 0.05) is 64.1 Å². The van der Waals surface area contributed by atoms with Crippen LogP contribution in [0.4, 0.5) is 10.7 Å². The lowest BCUT2D eigenvalue weighted by Crippen LogP contribution is -2.52. The van der Waals surface area contributed by atoms with Crippen molar-refractivity contribution in [2.24, 2.45) is 10.9 Å². The molecule has 2 aliphatic rings. The van der Waals surface area contributed by atoms with Crippen LogP contribution in [0.2, 0.25) is 0 Å². The minimum absolute atomic E-state index is 0. The predicted octanol–water partition coefficient (Wildman–Crippen LogP) is 3.99. The van der Waals surface area contributed by atoms with Crippen molar-refractivity contribution in [1.29, 1.82) is 0 Å². The van der Waals surface area contributed by atoms with Crippen molar-refractivity contribution in [3.8, 4) is 5.75 Å². The van der Waals surface area contributed by atoms with Crippen LogP contribution in [0.3, 0.4) is 0 Å². The standard InChI is InChI=1S/C23H33N5OS.HI/c1-3-24-23(27-13-11-26(12-14-27)22-8-5-15-30-22)25-17-19-9-10-28(18-19)20-6-4-7-21(16-20)29-2;/h4-8,15-16,19H,3,9-14,17-18H2,1-2H3,(H,24,25);1H. The number of nitrogens with one attached hydrogen (secondary N) is 1. The van der Waals surface area contributed by atoms with Gasteiger partial charge in [0.05, 0.1) is 12.1 Å². The number of anilines is 2. The summed E-state index contributed by atoms with van der Waals surface area (Å²) >= 11 is 1.83. The van der Waals surface area contributed by atoms with Gasteiger partial charge < -0.3 is 24.8 Å². The van der Waals surface area contributed by atoms with Crippen LogP contribution in [0.1, 0.15) is 13.3 Å². The normalized spacial score (nSPS) is 19.4. The first kappa shape index (κ1) is 24.0. The summed E-state index contributed by atoms with van der Waals surface area (Å²) in [6.45, 7) is 10.2. The van der Waals surface area contributed by atoms with E-state index in [0.717, 1.165) is 64.1 Å². The van der Waals surface area contributed by atoms with Crippen LogP contribution in [0, 0.1) is 5.92 Å². The van der Waals surface area contributed by atoms with E-state index >= 15 is 0 Å². The number of nitrogens with zero attached hydrogens (tertiary/aromatic N) is 4. The Balaban J connectivity index is 0.00000272. The minimum Gasteiger partial charge on any atom is -0.497 e. The van der Waals surface area contributed by atoms with E-state index in [9.17, 15) is 0 Å². The molecule has 8 heteroatoms. The number of benzene rings is 1. The molecule has 0 amide bonds. The number of hydrogen-bond donors (Lipinski definition) is 1. The van der Waals surface area contributed by atoms with Gasteiger partial charge in [0.2, 0.25) is 0 Å². The number of guanidine groups is 1. The fourth-order valence-corrected chi connectivity index (χ4v) is 5.04. The average molecular weight is 556 g/mol. The summed E-state index contributed by atoms with van der Waals surface area (Å²) in [4.78, 5) is 12.4. The first-order valence-electron chi connectivity index (χ1n) is 11.0. The van der Waals surface area contributed by atoms with Crippen molar-refractivity contribution in [2.75, 3.05) is 69.3 Å². The molecule has 2 aliphatic heterocycles. The highest BCUT2D eigenvalue weighted by Crippen LogP contribution is 2.27. The summed E-state index contributed by atoms with van der Waals surface area (Å²) in [5.41, 5.74) is 1.25. The summed E-state index contributed by atoms with van der Waals surface area (Å²) in [7, 11) is 1.73. The quantitative estimate of drug-likeness (QED) is 0.332. The van der Waals surface area contributed by atoms with Crippen LogP contribution in [-0.2, 0) is 0 Å². The van der Waals surface area contributed by atoms with Gasteiger partial charge in [-0.25, -0.2) is 0 Å². The highest BCUT2D eigenvalue weighted by atomic mass is 127. The van der Waals surface area contributed by atoms with Gasteiger partial charge >= 0.3 is 0 Å². The number of aliphatic imine (C=N–C) groups is 1. The van der Waals surface area contributed by atoms with Crippen molar-refractivity contribution >= 4 is 52.0 Å². The molecular weight excluding hydrogens is 521 g/mol. The molecule has 4 rings (SSSR count). The molecule has 2 fully saturated rings. The van der Waals surface area contributed by atoms with Crippen LogP contribution in [0.25, 0.3) is 0 Å². The molecule has 1 atom stereocenters. The lowest BCUT2D eigenvalue weighted by atomic mass is 10.1. The second kappa shape index (κ2) is 11.8. The summed E-state index contributed by atoms with van der Waals surface area (Å²) < 4.78 is 5.38. The van der Waals surface area contributed by atoms with Gasteiger partial charge in [0.25, 0.3) is 0 Å². The lowest BCUT2D eigenvalue weighted by molar-refractivity contribution is 0.372. The maximum atomic E-state index is 5.38. The molecule has 1 aromatic heterocycles. The molecule has 31 heavy (non-hydrogen) atoms. The lowest BCUT2D eigenvalue weighted by Gasteiger charge is -2.37. The molecular formula is C23H34IN5OS. The van der Waals surface area contributed by atoms with Crippen LogP contribution >= 0.6 is 35.3 Å². The maximum Gasteiger partial charge on any atom is 0.194 e. The van der Waals surface area contributed by atoms with E-state index in [4.69, 9.17) is 9.73 Å². The minimum atomic E-state index is 0. The summed E-state index contributed by atoms with van der Waals surface area (Å²) in [6.07, 6.45) is 1.19. The average Bonchev–Trinajstić information content (AvgIpc) is 3.49. The Morgan fingerprint density at radius 2 is 1.97 bits per heavy atom. The van der Waals surface area contributed by atoms with E-state index in [0.29, 0.717) is 5.92 Å². The highest BCUT2D eigenvalue weighted by molar-refractivity contribution is 14.0. The SMILES string of the molecule is CCNC(=NCC1CCN(c2cccc(OC)c2)C1)N1CCN(c2cccs2)CC1.I. The molecule has 6 nitrogen and oxygen atoms in total. The van der Waals surface area contributed by atoms with Gasteiger partial charge in [-0.3, -0.25) is 4.99 Å². The van der Waals surface area contributed by atoms with Gasteiger partial charge in [-0.15, -0.1) is 35.3 Å². The topological polar surface area (TPSA) is 43.3 Å². The van der Waals surface area contributed by atoms with E-state index in [1.165, 1.54) is 17.1 Å². The number of thiophene rings is 1. The maximum absolute atomic E-state index is 5.38. The largest absolute Gasteiger partial charge is 0.497 e. The molecule has 1 unspecified atom stereocenters. The molecule has 2 saturated heterocycles. The molecule has 0 saturated carbocycles. The van der Waals surface area contributed by atoms with Crippen LogP contribution in [0.5, 0.6) is 5.75 Å². The second-order valence-corrected chi connectivity index (χ2v) is 8.85. The van der Waals surface area contributed by atoms with Crippen molar-refractivity contribution in [2.45, 2.75) is 13.3 Å². The molecule has 1 N–H and O–H groups in total. The third-order valence-electron chi connectivity index (χ3n) is 5.94. The Labute approximate surface area is 207 Å². The van der Waals surface area contributed by atoms with E-state index in [2.05, 4.69) is 62.7 Å². The van der Waals surface area contributed by atoms with Crippen molar-refractivity contribution < 1.29 is 4.74 Å². The summed E-state index contributed by atoms with van der Waals surface area (Å²) in [5.74, 6) is 2.59. The van der Waals surface area contributed by atoms with E-state index < -0.39 is 0 Å². The zero-order chi connectivity index (χ0) is 20.8. The third-order valence-corrected chi connectivity index (χ3v) is 6.86. The number of methoxy groups -OCH3 is 1. The Bertz CT molecular complexity index is 823. The molecule has 0 spiro atoms. The van der Waals surface area contributed by atoms with Crippen molar-refractivity contribution in [1.82, 2.24) is 10.2 Å². The number of piperazine rings is 1. The number of rotatable bonds is 6. The molecule has 1 aromatic carbocycles. The second-order valence-electron chi connectivity index (χ2n) is 7.92. The molecule has 0 radical (unpaired) electrons. The fraction of sp³-hybridized carbons (Fsp3) is 0.522. The van der Waals surface area contributed by atoms with Crippen LogP contribution < -0.4 is 19.9 Å². The fourth-order valence-electron chi connectivity index (χ4n) is 4.25. The van der Waals surface area contributed by atoms with Gasteiger partial charge in [-0.2, -0.15) is 0 Å². The first-order chi connectivity index (χ1) is 14.8. The van der Waals surface area contributed by atoms with E-state index in [1.807, 2.05) is 17.4 Å². The third kappa shape index (κ3) is 6.19. The van der Waals surface area contributed by atoms with Crippen LogP contribution in [-0.4, -0.2) is 70.3 Å². The van der Waals surface area contributed by atoms with Gasteiger partial charge in [-0.05, 0) is 48.9 Å². The highest BCUT2D eigenvalue weighted by Gasteiger charge is 2.24. The van der Waals surface area contributed by atoms with Gasteiger partial charge in [0.1, 0.15) is 5.75 Å². The molecule has 170 valence electrons. The Hall–Kier alpha value is -1.68. The van der Waals surface area contributed by atoms with Crippen molar-refractivity contribution in [3.05, 3.63) is 41.8 Å². The Morgan fingerprint density at radius 3 is 2.68 bits per heavy atom. The Morgan fingerprint density at radius 1 is 1.13 bits per heavy atom. The molecule has 0 aliphatic carbocycles. The molecule has 0 bridgehead atoms. The first-order valence-corrected chi connectivity index (χ1v) is 11.9. The predicted molar refractivity (Wildman–Crippen MR) is 143 cm³/mol. The van der Waals surface area contributed by atoms with Crippen molar-refractivity contribution in [3.63, 3.8) is 0 Å². The zero-order valence-corrected chi connectivity index (χ0v) is 21.6. The smallest absolute Gasteiger partial charge is 0.194 e. The monoisotopic (exact) mass is 555 g/mol. The number of hydrogen-bond acceptors (Lipinski definition) is 5. The molecule has 2 aromatic rings. The number of ether oxygens (including phenoxy) is 1. The van der Waals surface area contributed by atoms with E-state index in [-0.39, 0.29) is 24.0 Å². The van der Waals surface area contributed by atoms with Gasteiger partial charge in [0.15, 0.2) is 5.96 Å². The molecule has 3 heterocycles. The van der Waals surface area contributed by atoms with Crippen LogP contribution in [0.15, 0.2) is 46.8 Å². The zero-order valence-electron chi connectivity index (χ0n) is 18.5. The number of halogens is 1. The Kier molecular flexibility index (Phi) is 9.13. The summed E-state index contributed by atoms with van der Waals surface area (Å²) in [6, 6.07) is 12.7. The van der Waals surface area contributed by atoms with E-state index in [1.54, 1.807) is 7.11 Å². The summed E-state index contributed by atoms with van der Waals surface area (Å²) in [5, 5.41) is 7.05. The van der Waals surface area contributed by atoms with Gasteiger partial charge in [-0.1, -0.05) is 6.07 Å².